The maximum absolute atomic E-state index is 13.0. The van der Waals surface area contributed by atoms with Crippen LogP contribution in [0.1, 0.15) is 40.5 Å². The molecule has 0 aromatic carbocycles. The Kier molecular flexibility index (Phi) is 12.3. The average Bonchev–Trinajstić information content (AvgIpc) is 2.77. The molecule has 1 aliphatic heterocycles. The third-order valence-corrected chi connectivity index (χ3v) is 11.2. The Labute approximate surface area is 215 Å². The van der Waals surface area contributed by atoms with E-state index in [1.807, 2.05) is 6.92 Å². The van der Waals surface area contributed by atoms with E-state index in [4.69, 9.17) is 13.9 Å². The van der Waals surface area contributed by atoms with Gasteiger partial charge in [0.15, 0.2) is 8.32 Å². The van der Waals surface area contributed by atoms with Gasteiger partial charge in [0.25, 0.3) is 0 Å². The van der Waals surface area contributed by atoms with Gasteiger partial charge in [-0.1, -0.05) is 46.1 Å². The number of carbonyl (C=O) groups is 4. The summed E-state index contributed by atoms with van der Waals surface area (Å²) in [5.41, 5.74) is 0. The number of nitrogens with one attached hydrogen (secondary N) is 3. The van der Waals surface area contributed by atoms with Gasteiger partial charge in [-0.15, -0.1) is 0 Å². The van der Waals surface area contributed by atoms with Crippen molar-refractivity contribution >= 4 is 32.2 Å². The van der Waals surface area contributed by atoms with Crippen molar-refractivity contribution in [3.63, 3.8) is 0 Å². The Balaban J connectivity index is 2.73. The van der Waals surface area contributed by atoms with Crippen LogP contribution in [0.5, 0.6) is 0 Å². The lowest BCUT2D eigenvalue weighted by molar-refractivity contribution is -0.141. The molecule has 0 unspecified atom stereocenters. The van der Waals surface area contributed by atoms with Crippen molar-refractivity contribution in [3.8, 4) is 0 Å². The minimum Gasteiger partial charge on any atom is -0.445 e. The van der Waals surface area contributed by atoms with Gasteiger partial charge >= 0.3 is 12.2 Å². The second-order valence-electron chi connectivity index (χ2n) is 10.5. The molecular weight excluding hydrogens is 482 g/mol. The van der Waals surface area contributed by atoms with Crippen LogP contribution in [-0.4, -0.2) is 70.6 Å². The van der Waals surface area contributed by atoms with Crippen molar-refractivity contribution in [1.29, 1.82) is 0 Å². The first kappa shape index (κ1) is 31.4. The van der Waals surface area contributed by atoms with Crippen molar-refractivity contribution in [2.75, 3.05) is 26.3 Å². The highest BCUT2D eigenvalue weighted by molar-refractivity contribution is 6.74. The molecule has 1 fully saturated rings. The van der Waals surface area contributed by atoms with Crippen LogP contribution in [0, 0.1) is 11.8 Å². The Bertz CT molecular complexity index is 782. The minimum absolute atomic E-state index is 0.0137. The van der Waals surface area contributed by atoms with Crippen molar-refractivity contribution < 1.29 is 33.1 Å². The average molecular weight is 526 g/mol. The first-order valence-electron chi connectivity index (χ1n) is 12.3. The van der Waals surface area contributed by atoms with Crippen molar-refractivity contribution in [2.24, 2.45) is 11.8 Å². The minimum atomic E-state index is -2.06. The molecule has 0 aromatic rings. The number of Topliss-reactive ketones (excluding diaryl/α,β-unsaturated/α-hetero) is 1. The molecule has 1 saturated heterocycles. The van der Waals surface area contributed by atoms with Crippen LogP contribution in [-0.2, 0) is 23.5 Å². The topological polar surface area (TPSA) is 132 Å². The molecule has 0 spiro atoms. The van der Waals surface area contributed by atoms with E-state index < -0.39 is 26.4 Å². The molecule has 11 heteroatoms. The van der Waals surface area contributed by atoms with E-state index in [2.05, 4.69) is 63.0 Å². The summed E-state index contributed by atoms with van der Waals surface area (Å²) in [7, 11) is -2.06. The summed E-state index contributed by atoms with van der Waals surface area (Å²) in [6.07, 6.45) is 1.80. The zero-order chi connectivity index (χ0) is 27.5. The van der Waals surface area contributed by atoms with Gasteiger partial charge in [-0.2, -0.15) is 0 Å². The van der Waals surface area contributed by atoms with Gasteiger partial charge in [-0.25, -0.2) is 9.59 Å². The molecule has 0 aromatic heterocycles. The third-order valence-electron chi connectivity index (χ3n) is 6.66. The molecule has 3 atom stereocenters. The molecule has 0 aliphatic carbocycles. The number of amides is 3. The fourth-order valence-electron chi connectivity index (χ4n) is 3.55. The van der Waals surface area contributed by atoms with Crippen LogP contribution in [0.25, 0.3) is 0 Å². The van der Waals surface area contributed by atoms with Crippen molar-refractivity contribution in [1.82, 2.24) is 16.0 Å². The van der Waals surface area contributed by atoms with E-state index in [0.717, 1.165) is 0 Å². The molecule has 1 aliphatic rings. The number of carbonyl (C=O) groups excluding carboxylic acids is 4. The van der Waals surface area contributed by atoms with Gasteiger partial charge in [0.2, 0.25) is 5.91 Å². The summed E-state index contributed by atoms with van der Waals surface area (Å²) < 4.78 is 16.2. The molecule has 204 valence electrons. The number of alkyl carbamates (subject to hydrolysis) is 2. The van der Waals surface area contributed by atoms with Crippen molar-refractivity contribution in [3.05, 3.63) is 25.3 Å². The predicted octanol–water partition coefficient (Wildman–Crippen LogP) is 3.30. The molecule has 0 bridgehead atoms. The highest BCUT2D eigenvalue weighted by atomic mass is 28.4. The molecule has 1 heterocycles. The van der Waals surface area contributed by atoms with Gasteiger partial charge in [0.05, 0.1) is 17.9 Å². The molecular formula is C25H43N3O7Si. The van der Waals surface area contributed by atoms with Crippen LogP contribution < -0.4 is 16.0 Å². The molecule has 0 radical (unpaired) electrons. The summed E-state index contributed by atoms with van der Waals surface area (Å²) in [6.45, 7) is 19.6. The van der Waals surface area contributed by atoms with Crippen LogP contribution in [0.3, 0.4) is 0 Å². The quantitative estimate of drug-likeness (QED) is 0.170. The zero-order valence-electron chi connectivity index (χ0n) is 22.5. The number of hydrogen-bond donors (Lipinski definition) is 3. The smallest absolute Gasteiger partial charge is 0.407 e. The van der Waals surface area contributed by atoms with Crippen LogP contribution in [0.15, 0.2) is 25.3 Å². The second kappa shape index (κ2) is 14.2. The Morgan fingerprint density at radius 1 is 1.06 bits per heavy atom. The highest BCUT2D eigenvalue weighted by Gasteiger charge is 2.47. The number of β-lactam (4-membered cyclic amide) rings is 1. The number of rotatable bonds is 15. The van der Waals surface area contributed by atoms with E-state index in [1.54, 1.807) is 0 Å². The summed E-state index contributed by atoms with van der Waals surface area (Å²) in [4.78, 5) is 48.9. The monoisotopic (exact) mass is 525 g/mol. The summed E-state index contributed by atoms with van der Waals surface area (Å²) >= 11 is 0. The maximum Gasteiger partial charge on any atom is 0.407 e. The van der Waals surface area contributed by atoms with E-state index >= 15 is 0 Å². The second-order valence-corrected chi connectivity index (χ2v) is 15.2. The lowest BCUT2D eigenvalue weighted by Crippen LogP contribution is -2.63. The fraction of sp³-hybridized carbons (Fsp3) is 0.680. The molecule has 1 rings (SSSR count). The molecule has 0 saturated carbocycles. The molecule has 36 heavy (non-hydrogen) atoms. The number of ketones is 1. The SMILES string of the molecule is C=CCOC(=O)NCC(CNC(=O)OCC=C)C(=O)CC[C@H]1NC(=O)[C@@H]1[C@@H](C)O[Si](C)(C)C(C)(C)C. The Morgan fingerprint density at radius 2 is 1.56 bits per heavy atom. The lowest BCUT2D eigenvalue weighted by Gasteiger charge is -2.45. The molecule has 3 N–H and O–H groups in total. The van der Waals surface area contributed by atoms with Gasteiger partial charge in [0, 0.05) is 25.6 Å². The van der Waals surface area contributed by atoms with Gasteiger partial charge in [-0.3, -0.25) is 9.59 Å². The Hall–Kier alpha value is -2.66. The van der Waals surface area contributed by atoms with Crippen molar-refractivity contribution in [2.45, 2.75) is 70.8 Å². The summed E-state index contributed by atoms with van der Waals surface area (Å²) in [5, 5.41) is 7.96. The van der Waals surface area contributed by atoms with Gasteiger partial charge < -0.3 is 29.9 Å². The third kappa shape index (κ3) is 9.77. The largest absolute Gasteiger partial charge is 0.445 e. The summed E-state index contributed by atoms with van der Waals surface area (Å²) in [6, 6.07) is -0.182. The molecule has 3 amide bonds. The maximum atomic E-state index is 13.0. The number of ether oxygens (including phenoxy) is 2. The van der Waals surface area contributed by atoms with E-state index in [0.29, 0.717) is 6.42 Å². The fourth-order valence-corrected chi connectivity index (χ4v) is 4.98. The predicted molar refractivity (Wildman–Crippen MR) is 140 cm³/mol. The van der Waals surface area contributed by atoms with E-state index in [9.17, 15) is 19.2 Å². The Morgan fingerprint density at radius 3 is 1.97 bits per heavy atom. The van der Waals surface area contributed by atoms with Crippen LogP contribution in [0.2, 0.25) is 18.1 Å². The first-order chi connectivity index (χ1) is 16.7. The lowest BCUT2D eigenvalue weighted by atomic mass is 9.82. The van der Waals surface area contributed by atoms with E-state index in [-0.39, 0.29) is 67.5 Å². The van der Waals surface area contributed by atoms with E-state index in [1.165, 1.54) is 12.2 Å². The number of hydrogen-bond acceptors (Lipinski definition) is 7. The normalized spacial score (nSPS) is 18.4. The zero-order valence-corrected chi connectivity index (χ0v) is 23.5. The molecule has 10 nitrogen and oxygen atoms in total. The van der Waals surface area contributed by atoms with Gasteiger partial charge in [0.1, 0.15) is 19.0 Å². The van der Waals surface area contributed by atoms with Crippen LogP contribution >= 0.6 is 0 Å². The highest BCUT2D eigenvalue weighted by Crippen LogP contribution is 2.39. The summed E-state index contributed by atoms with van der Waals surface area (Å²) in [5.74, 6) is -1.27. The first-order valence-corrected chi connectivity index (χ1v) is 15.2. The van der Waals surface area contributed by atoms with Crippen LogP contribution in [0.4, 0.5) is 9.59 Å². The standard InChI is InChI=1S/C25H43N3O7Si/c1-9-13-33-23(31)26-15-18(16-27-24(32)34-14-10-2)20(29)12-11-19-21(22(30)28-19)17(3)35-36(7,8)25(4,5)6/h9-10,17-19,21H,1-2,11-16H2,3-8H3,(H,26,31)(H,27,32)(H,28,30)/t17-,19-,21-/m1/s1. The van der Waals surface area contributed by atoms with Gasteiger partial charge in [-0.05, 0) is 31.5 Å².